The summed E-state index contributed by atoms with van der Waals surface area (Å²) in [7, 11) is 1.92. The molecule has 0 spiro atoms. The number of piperidine rings is 1. The van der Waals surface area contributed by atoms with Gasteiger partial charge in [-0.1, -0.05) is 13.3 Å². The second-order valence-corrected chi connectivity index (χ2v) is 7.14. The Bertz CT molecular complexity index is 446. The van der Waals surface area contributed by atoms with Crippen molar-refractivity contribution in [1.82, 2.24) is 15.2 Å². The fourth-order valence-corrected chi connectivity index (χ4v) is 3.99. The highest BCUT2D eigenvalue weighted by Gasteiger charge is 2.40. The normalized spacial score (nSPS) is 22.8. The molecule has 1 aromatic rings. The molecular formula is C15H25N3OS. The van der Waals surface area contributed by atoms with Crippen molar-refractivity contribution in [3.63, 3.8) is 0 Å². The van der Waals surface area contributed by atoms with Gasteiger partial charge in [0.25, 0.3) is 0 Å². The zero-order valence-electron chi connectivity index (χ0n) is 12.7. The molecule has 0 radical (unpaired) electrons. The van der Waals surface area contributed by atoms with Crippen molar-refractivity contribution in [2.24, 2.45) is 5.41 Å². The molecule has 1 saturated heterocycles. The minimum atomic E-state index is -0.193. The fourth-order valence-electron chi connectivity index (χ4n) is 3.14. The van der Waals surface area contributed by atoms with Crippen LogP contribution in [0.2, 0.25) is 0 Å². The van der Waals surface area contributed by atoms with Gasteiger partial charge in [0.15, 0.2) is 0 Å². The summed E-state index contributed by atoms with van der Waals surface area (Å²) in [5, 5.41) is 4.47. The van der Waals surface area contributed by atoms with E-state index < -0.39 is 0 Å². The predicted molar refractivity (Wildman–Crippen MR) is 82.8 cm³/mol. The first kappa shape index (κ1) is 15.4. The second-order valence-electron chi connectivity index (χ2n) is 5.82. The first-order valence-corrected chi connectivity index (χ1v) is 8.26. The van der Waals surface area contributed by atoms with Gasteiger partial charge in [0.2, 0.25) is 5.91 Å². The number of aryl methyl sites for hydroxylation is 1. The number of hydrogen-bond donors (Lipinski definition) is 1. The maximum absolute atomic E-state index is 12.9. The largest absolute Gasteiger partial charge is 0.340 e. The van der Waals surface area contributed by atoms with Crippen molar-refractivity contribution < 1.29 is 4.79 Å². The number of aromatic nitrogens is 1. The van der Waals surface area contributed by atoms with Gasteiger partial charge in [0.05, 0.1) is 17.0 Å². The van der Waals surface area contributed by atoms with Crippen LogP contribution >= 0.6 is 11.3 Å². The van der Waals surface area contributed by atoms with E-state index in [1.807, 2.05) is 25.1 Å². The van der Waals surface area contributed by atoms with Crippen LogP contribution < -0.4 is 5.32 Å². The number of nitrogens with one attached hydrogen (secondary N) is 1. The first-order chi connectivity index (χ1) is 9.57. The molecular weight excluding hydrogens is 270 g/mol. The number of carbonyl (C=O) groups is 1. The van der Waals surface area contributed by atoms with Crippen molar-refractivity contribution in [2.75, 3.05) is 20.1 Å². The Morgan fingerprint density at radius 3 is 2.95 bits per heavy atom. The standard InChI is InChI=1S/C15H25N3OS/c1-4-6-15(7-5-8-16-11-15)14(19)18(3)10-13-9-17-12(2)20-13/h9,16H,4-8,10-11H2,1-3H3. The molecule has 20 heavy (non-hydrogen) atoms. The Balaban J connectivity index is 2.06. The third kappa shape index (κ3) is 3.38. The highest BCUT2D eigenvalue weighted by atomic mass is 32.1. The van der Waals surface area contributed by atoms with E-state index in [-0.39, 0.29) is 11.3 Å². The quantitative estimate of drug-likeness (QED) is 0.908. The molecule has 0 aromatic carbocycles. The molecule has 1 aromatic heterocycles. The van der Waals surface area contributed by atoms with Crippen LogP contribution in [0.4, 0.5) is 0 Å². The van der Waals surface area contributed by atoms with E-state index in [9.17, 15) is 4.79 Å². The Hall–Kier alpha value is -0.940. The highest BCUT2D eigenvalue weighted by molar-refractivity contribution is 7.11. The minimum Gasteiger partial charge on any atom is -0.340 e. The fraction of sp³-hybridized carbons (Fsp3) is 0.733. The number of thiazole rings is 1. The van der Waals surface area contributed by atoms with Crippen LogP contribution in [0.3, 0.4) is 0 Å². The molecule has 2 heterocycles. The van der Waals surface area contributed by atoms with Crippen LogP contribution in [0.25, 0.3) is 0 Å². The van der Waals surface area contributed by atoms with Crippen molar-refractivity contribution in [2.45, 2.75) is 46.1 Å². The molecule has 2 rings (SSSR count). The lowest BCUT2D eigenvalue weighted by Gasteiger charge is -2.39. The summed E-state index contributed by atoms with van der Waals surface area (Å²) < 4.78 is 0. The lowest BCUT2D eigenvalue weighted by Crippen LogP contribution is -2.50. The van der Waals surface area contributed by atoms with Crippen LogP contribution in [0.1, 0.15) is 42.5 Å². The average molecular weight is 295 g/mol. The van der Waals surface area contributed by atoms with Gasteiger partial charge >= 0.3 is 0 Å². The average Bonchev–Trinajstić information content (AvgIpc) is 2.84. The molecule has 112 valence electrons. The number of carbonyl (C=O) groups excluding carboxylic acids is 1. The van der Waals surface area contributed by atoms with Gasteiger partial charge in [-0.05, 0) is 32.7 Å². The summed E-state index contributed by atoms with van der Waals surface area (Å²) in [4.78, 5) is 20.2. The van der Waals surface area contributed by atoms with Crippen LogP contribution in [-0.2, 0) is 11.3 Å². The third-order valence-electron chi connectivity index (χ3n) is 4.06. The van der Waals surface area contributed by atoms with Crippen LogP contribution in [0.15, 0.2) is 6.20 Å². The first-order valence-electron chi connectivity index (χ1n) is 7.45. The van der Waals surface area contributed by atoms with Crippen molar-refractivity contribution >= 4 is 17.2 Å². The van der Waals surface area contributed by atoms with E-state index >= 15 is 0 Å². The van der Waals surface area contributed by atoms with Crippen LogP contribution in [0, 0.1) is 12.3 Å². The molecule has 0 bridgehead atoms. The van der Waals surface area contributed by atoms with Crippen molar-refractivity contribution in [3.8, 4) is 0 Å². The molecule has 1 aliphatic heterocycles. The predicted octanol–water partition coefficient (Wildman–Crippen LogP) is 2.58. The third-order valence-corrected chi connectivity index (χ3v) is 4.96. The van der Waals surface area contributed by atoms with E-state index in [4.69, 9.17) is 0 Å². The van der Waals surface area contributed by atoms with Gasteiger partial charge in [-0.3, -0.25) is 4.79 Å². The highest BCUT2D eigenvalue weighted by Crippen LogP contribution is 2.34. The Kier molecular flexibility index (Phi) is 5.16. The van der Waals surface area contributed by atoms with E-state index in [1.54, 1.807) is 11.3 Å². The Labute approximate surface area is 125 Å². The maximum Gasteiger partial charge on any atom is 0.230 e. The number of rotatable bonds is 5. The van der Waals surface area contributed by atoms with E-state index in [1.165, 1.54) is 0 Å². The summed E-state index contributed by atoms with van der Waals surface area (Å²) in [6.07, 6.45) is 6.03. The van der Waals surface area contributed by atoms with E-state index in [0.29, 0.717) is 6.54 Å². The lowest BCUT2D eigenvalue weighted by molar-refractivity contribution is -0.143. The van der Waals surface area contributed by atoms with Gasteiger partial charge in [-0.25, -0.2) is 4.98 Å². The molecule has 1 N–H and O–H groups in total. The molecule has 4 nitrogen and oxygen atoms in total. The molecule has 1 atom stereocenters. The number of amides is 1. The summed E-state index contributed by atoms with van der Waals surface area (Å²) in [5.74, 6) is 0.289. The van der Waals surface area contributed by atoms with E-state index in [2.05, 4.69) is 17.2 Å². The Morgan fingerprint density at radius 2 is 2.40 bits per heavy atom. The molecule has 1 aliphatic rings. The lowest BCUT2D eigenvalue weighted by atomic mass is 9.76. The van der Waals surface area contributed by atoms with Gasteiger partial charge in [-0.15, -0.1) is 11.3 Å². The van der Waals surface area contributed by atoms with Gasteiger partial charge in [-0.2, -0.15) is 0 Å². The van der Waals surface area contributed by atoms with Crippen molar-refractivity contribution in [1.29, 1.82) is 0 Å². The van der Waals surface area contributed by atoms with Gasteiger partial charge in [0, 0.05) is 24.7 Å². The second kappa shape index (κ2) is 6.68. The van der Waals surface area contributed by atoms with Crippen LogP contribution in [-0.4, -0.2) is 35.9 Å². The monoisotopic (exact) mass is 295 g/mol. The SMILES string of the molecule is CCCC1(C(=O)N(C)Cc2cnc(C)s2)CCCNC1. The topological polar surface area (TPSA) is 45.2 Å². The Morgan fingerprint density at radius 1 is 1.60 bits per heavy atom. The smallest absolute Gasteiger partial charge is 0.230 e. The molecule has 0 saturated carbocycles. The molecule has 1 unspecified atom stereocenters. The van der Waals surface area contributed by atoms with Gasteiger partial charge < -0.3 is 10.2 Å². The zero-order valence-corrected chi connectivity index (χ0v) is 13.6. The minimum absolute atomic E-state index is 0.193. The van der Waals surface area contributed by atoms with Crippen LogP contribution in [0.5, 0.6) is 0 Å². The van der Waals surface area contributed by atoms with Gasteiger partial charge in [0.1, 0.15) is 0 Å². The summed E-state index contributed by atoms with van der Waals surface area (Å²) in [6.45, 7) is 6.70. The molecule has 1 amide bonds. The summed E-state index contributed by atoms with van der Waals surface area (Å²) in [5.41, 5.74) is -0.193. The molecule has 0 aliphatic carbocycles. The summed E-state index contributed by atoms with van der Waals surface area (Å²) >= 11 is 1.67. The molecule has 5 heteroatoms. The van der Waals surface area contributed by atoms with Crippen molar-refractivity contribution in [3.05, 3.63) is 16.1 Å². The molecule has 1 fully saturated rings. The number of hydrogen-bond acceptors (Lipinski definition) is 4. The summed E-state index contributed by atoms with van der Waals surface area (Å²) in [6, 6.07) is 0. The zero-order chi connectivity index (χ0) is 14.6. The number of nitrogens with zero attached hydrogens (tertiary/aromatic N) is 2. The van der Waals surface area contributed by atoms with E-state index in [0.717, 1.165) is 48.7 Å². The maximum atomic E-state index is 12.9.